The summed E-state index contributed by atoms with van der Waals surface area (Å²) >= 11 is 0. The first-order chi connectivity index (χ1) is 14.7. The van der Waals surface area contributed by atoms with Crippen molar-refractivity contribution < 1.29 is 23.6 Å². The van der Waals surface area contributed by atoms with Crippen molar-refractivity contribution in [3.63, 3.8) is 0 Å². The molecule has 0 saturated heterocycles. The fourth-order valence-electron chi connectivity index (χ4n) is 3.65. The molecule has 7 nitrogen and oxygen atoms in total. The third-order valence-corrected chi connectivity index (χ3v) is 6.95. The van der Waals surface area contributed by atoms with Crippen LogP contribution in [0.3, 0.4) is 0 Å². The van der Waals surface area contributed by atoms with Gasteiger partial charge < -0.3 is 15.4 Å². The Morgan fingerprint density at radius 1 is 1.29 bits per heavy atom. The highest BCUT2D eigenvalue weighted by Gasteiger charge is 2.23. The molecular formula is C22H28FN4O3S+. The number of hydrogen-bond donors (Lipinski definition) is 2. The molecule has 2 heterocycles. The molecule has 0 aliphatic carbocycles. The summed E-state index contributed by atoms with van der Waals surface area (Å²) in [5.41, 5.74) is 7.30. The van der Waals surface area contributed by atoms with Crippen LogP contribution in [0.15, 0.2) is 59.4 Å². The average Bonchev–Trinajstić information content (AvgIpc) is 3.02. The molecule has 3 rings (SSSR count). The van der Waals surface area contributed by atoms with Crippen LogP contribution in [0, 0.1) is 0 Å². The maximum Gasteiger partial charge on any atom is 0.242 e. The monoisotopic (exact) mass is 447 g/mol. The van der Waals surface area contributed by atoms with Crippen molar-refractivity contribution >= 4 is 21.1 Å². The largest absolute Gasteiger partial charge is 0.387 e. The zero-order valence-electron chi connectivity index (χ0n) is 17.9. The Morgan fingerprint density at radius 3 is 2.55 bits per heavy atom. The van der Waals surface area contributed by atoms with E-state index in [4.69, 9.17) is 0 Å². The van der Waals surface area contributed by atoms with Gasteiger partial charge in [-0.2, -0.15) is 0 Å². The highest BCUT2D eigenvalue weighted by molar-refractivity contribution is 7.89. The fraction of sp³-hybridized carbons (Fsp3) is 0.318. The fourth-order valence-corrected chi connectivity index (χ4v) is 4.55. The van der Waals surface area contributed by atoms with E-state index in [1.165, 1.54) is 24.5 Å². The number of quaternary nitrogens is 1. The number of benzene rings is 1. The van der Waals surface area contributed by atoms with Gasteiger partial charge in [-0.05, 0) is 36.8 Å². The molecule has 2 aromatic heterocycles. The second-order valence-corrected chi connectivity index (χ2v) is 9.70. The number of hydrogen-bond acceptors (Lipinski definition) is 4. The number of pyridine rings is 1. The topological polar surface area (TPSA) is 103 Å². The lowest BCUT2D eigenvalue weighted by Gasteiger charge is -2.14. The number of aromatic nitrogens is 2. The smallest absolute Gasteiger partial charge is 0.242 e. The van der Waals surface area contributed by atoms with Crippen LogP contribution in [0.2, 0.25) is 0 Å². The first kappa shape index (κ1) is 23.1. The zero-order chi connectivity index (χ0) is 22.8. The van der Waals surface area contributed by atoms with Gasteiger partial charge in [0.1, 0.15) is 5.83 Å². The second-order valence-electron chi connectivity index (χ2n) is 7.54. The summed E-state index contributed by atoms with van der Waals surface area (Å²) in [5.74, 6) is -0.331. The minimum absolute atomic E-state index is 0.0159. The standard InChI is InChI=1S/C22H27FN4O3S/c1-15(28)22-19(13-16-6-8-18(9-7-16)31(29,30)26(2)3)21-20(5-4-12-25-21)27(22)14-17(23)10-11-24/h4-10,12,15,28H,11,13-14,24H2,1-3H3/p+1/b17-10-. The molecular weight excluding hydrogens is 419 g/mol. The number of allylic oxidation sites excluding steroid dienone is 1. The average molecular weight is 448 g/mol. The van der Waals surface area contributed by atoms with Gasteiger partial charge in [-0.15, -0.1) is 0 Å². The molecule has 0 fully saturated rings. The Bertz CT molecular complexity index is 1200. The molecule has 166 valence electrons. The highest BCUT2D eigenvalue weighted by atomic mass is 32.2. The van der Waals surface area contributed by atoms with Gasteiger partial charge >= 0.3 is 0 Å². The van der Waals surface area contributed by atoms with Crippen LogP contribution in [0.25, 0.3) is 11.0 Å². The van der Waals surface area contributed by atoms with E-state index in [2.05, 4.69) is 10.7 Å². The minimum Gasteiger partial charge on any atom is -0.387 e. The summed E-state index contributed by atoms with van der Waals surface area (Å²) < 4.78 is 41.9. The maximum atomic E-state index is 14.4. The lowest BCUT2D eigenvalue weighted by molar-refractivity contribution is -0.353. The van der Waals surface area contributed by atoms with Gasteiger partial charge in [0.15, 0.2) is 0 Å². The van der Waals surface area contributed by atoms with Crippen molar-refractivity contribution in [1.82, 2.24) is 13.9 Å². The number of aliphatic hydroxyl groups is 1. The van der Waals surface area contributed by atoms with Crippen molar-refractivity contribution in [3.05, 3.63) is 71.3 Å². The molecule has 3 aromatic rings. The molecule has 0 radical (unpaired) electrons. The number of sulfonamides is 1. The number of nitrogens with zero attached hydrogens (tertiary/aromatic N) is 3. The van der Waals surface area contributed by atoms with Gasteiger partial charge in [-0.1, -0.05) is 12.1 Å². The second kappa shape index (κ2) is 9.27. The van der Waals surface area contributed by atoms with Crippen molar-refractivity contribution in [2.45, 2.75) is 30.9 Å². The molecule has 0 amide bonds. The third kappa shape index (κ3) is 4.69. The molecule has 1 unspecified atom stereocenters. The van der Waals surface area contributed by atoms with Crippen molar-refractivity contribution in [3.8, 4) is 0 Å². The molecule has 0 aliphatic rings. The predicted octanol–water partition coefficient (Wildman–Crippen LogP) is 2.03. The van der Waals surface area contributed by atoms with Crippen molar-refractivity contribution in [2.24, 2.45) is 0 Å². The summed E-state index contributed by atoms with van der Waals surface area (Å²) in [6.45, 7) is 1.96. The molecule has 0 aliphatic heterocycles. The number of aliphatic hydroxyl groups excluding tert-OH is 1. The third-order valence-electron chi connectivity index (χ3n) is 5.12. The van der Waals surface area contributed by atoms with Crippen LogP contribution >= 0.6 is 0 Å². The van der Waals surface area contributed by atoms with Gasteiger partial charge in [0.25, 0.3) is 0 Å². The molecule has 9 heteroatoms. The SMILES string of the molecule is CC(O)c1c(Cc2ccc(S(=O)(=O)N(C)C)cc2)c2ncccc2n1C/C(F)=C/C[NH3+]. The molecule has 1 atom stereocenters. The van der Waals surface area contributed by atoms with Crippen LogP contribution in [0.1, 0.15) is 29.8 Å². The summed E-state index contributed by atoms with van der Waals surface area (Å²) in [6, 6.07) is 10.3. The quantitative estimate of drug-likeness (QED) is 0.551. The zero-order valence-corrected chi connectivity index (χ0v) is 18.7. The van der Waals surface area contributed by atoms with Crippen molar-refractivity contribution in [2.75, 3.05) is 20.6 Å². The lowest BCUT2D eigenvalue weighted by atomic mass is 10.0. The molecule has 0 spiro atoms. The number of halogens is 1. The summed E-state index contributed by atoms with van der Waals surface area (Å²) in [6.07, 6.45) is 2.66. The highest BCUT2D eigenvalue weighted by Crippen LogP contribution is 2.32. The Balaban J connectivity index is 2.08. The predicted molar refractivity (Wildman–Crippen MR) is 117 cm³/mol. The van der Waals surface area contributed by atoms with E-state index >= 15 is 0 Å². The number of fused-ring (bicyclic) bond motifs is 1. The van der Waals surface area contributed by atoms with E-state index in [-0.39, 0.29) is 17.3 Å². The first-order valence-corrected chi connectivity index (χ1v) is 11.4. The van der Waals surface area contributed by atoms with Gasteiger partial charge in [-0.3, -0.25) is 4.98 Å². The lowest BCUT2D eigenvalue weighted by Crippen LogP contribution is -2.49. The van der Waals surface area contributed by atoms with E-state index in [0.717, 1.165) is 16.6 Å². The summed E-state index contributed by atoms with van der Waals surface area (Å²) in [7, 11) is -0.540. The molecule has 4 N–H and O–H groups in total. The minimum atomic E-state index is -3.51. The summed E-state index contributed by atoms with van der Waals surface area (Å²) in [5, 5.41) is 10.5. The summed E-state index contributed by atoms with van der Waals surface area (Å²) in [4.78, 5) is 4.69. The Hall–Kier alpha value is -2.59. The number of rotatable bonds is 8. The molecule has 0 saturated carbocycles. The van der Waals surface area contributed by atoms with Crippen LogP contribution in [-0.4, -0.2) is 48.0 Å². The van der Waals surface area contributed by atoms with E-state index in [1.54, 1.807) is 48.0 Å². The van der Waals surface area contributed by atoms with Crippen LogP contribution in [0.5, 0.6) is 0 Å². The normalized spacial score (nSPS) is 13.8. The van der Waals surface area contributed by atoms with E-state index < -0.39 is 16.1 Å². The van der Waals surface area contributed by atoms with Crippen LogP contribution in [0.4, 0.5) is 4.39 Å². The van der Waals surface area contributed by atoms with Crippen LogP contribution < -0.4 is 5.73 Å². The maximum absolute atomic E-state index is 14.4. The van der Waals surface area contributed by atoms with Gasteiger partial charge in [-0.25, -0.2) is 17.1 Å². The Morgan fingerprint density at radius 2 is 1.97 bits per heavy atom. The molecule has 1 aromatic carbocycles. The Kier molecular flexibility index (Phi) is 6.90. The first-order valence-electron chi connectivity index (χ1n) is 9.96. The van der Waals surface area contributed by atoms with E-state index in [0.29, 0.717) is 24.2 Å². The van der Waals surface area contributed by atoms with E-state index in [1.807, 2.05) is 6.07 Å². The van der Waals surface area contributed by atoms with Gasteiger partial charge in [0.05, 0.1) is 40.8 Å². The van der Waals surface area contributed by atoms with E-state index in [9.17, 15) is 17.9 Å². The van der Waals surface area contributed by atoms with Gasteiger partial charge in [0, 0.05) is 38.4 Å². The van der Waals surface area contributed by atoms with Crippen molar-refractivity contribution in [1.29, 1.82) is 0 Å². The molecule has 31 heavy (non-hydrogen) atoms. The van der Waals surface area contributed by atoms with Gasteiger partial charge in [0.2, 0.25) is 10.0 Å². The molecule has 0 bridgehead atoms. The van der Waals surface area contributed by atoms with Crippen LogP contribution in [-0.2, 0) is 23.0 Å². The Labute approximate surface area is 181 Å².